The van der Waals surface area contributed by atoms with Crippen LogP contribution in [0.4, 0.5) is 0 Å². The van der Waals surface area contributed by atoms with E-state index >= 15 is 0 Å². The number of aromatic hydroxyl groups is 1. The van der Waals surface area contributed by atoms with Gasteiger partial charge in [0.25, 0.3) is 0 Å². The third-order valence-electron chi connectivity index (χ3n) is 4.72. The van der Waals surface area contributed by atoms with Crippen LogP contribution in [0.1, 0.15) is 35.2 Å². The number of sulfonamides is 1. The number of hydrogen-bond donors (Lipinski definition) is 1. The highest BCUT2D eigenvalue weighted by Crippen LogP contribution is 2.27. The summed E-state index contributed by atoms with van der Waals surface area (Å²) >= 11 is 0. The van der Waals surface area contributed by atoms with Gasteiger partial charge in [-0.25, -0.2) is 8.42 Å². The van der Waals surface area contributed by atoms with Crippen molar-refractivity contribution in [2.45, 2.75) is 24.2 Å². The number of carbonyl (C=O) groups is 1. The predicted octanol–water partition coefficient (Wildman–Crippen LogP) is 3.47. The van der Waals surface area contributed by atoms with Crippen molar-refractivity contribution in [2.75, 3.05) is 20.2 Å². The second kappa shape index (κ2) is 8.58. The lowest BCUT2D eigenvalue weighted by atomic mass is 10.1. The molecule has 0 aromatic heterocycles. The third kappa shape index (κ3) is 4.43. The molecule has 6 nitrogen and oxygen atoms in total. The summed E-state index contributed by atoms with van der Waals surface area (Å²) in [6.07, 6.45) is 5.83. The van der Waals surface area contributed by atoms with Crippen LogP contribution in [0, 0.1) is 0 Å². The van der Waals surface area contributed by atoms with Crippen molar-refractivity contribution >= 4 is 21.9 Å². The zero-order valence-electron chi connectivity index (χ0n) is 15.7. The van der Waals surface area contributed by atoms with Gasteiger partial charge < -0.3 is 9.84 Å². The zero-order valence-corrected chi connectivity index (χ0v) is 16.5. The molecule has 2 aromatic rings. The van der Waals surface area contributed by atoms with Gasteiger partial charge in [-0.3, -0.25) is 4.79 Å². The van der Waals surface area contributed by atoms with Crippen molar-refractivity contribution < 1.29 is 23.1 Å². The van der Waals surface area contributed by atoms with Gasteiger partial charge >= 0.3 is 0 Å². The minimum Gasteiger partial charge on any atom is -0.504 e. The molecule has 2 aromatic carbocycles. The van der Waals surface area contributed by atoms with Crippen molar-refractivity contribution in [1.82, 2.24) is 4.31 Å². The number of piperidine rings is 1. The Labute approximate surface area is 165 Å². The third-order valence-corrected chi connectivity index (χ3v) is 6.64. The van der Waals surface area contributed by atoms with Gasteiger partial charge in [-0.15, -0.1) is 0 Å². The maximum atomic E-state index is 12.7. The first-order chi connectivity index (χ1) is 13.4. The Morgan fingerprint density at radius 2 is 1.75 bits per heavy atom. The van der Waals surface area contributed by atoms with Gasteiger partial charge in [-0.2, -0.15) is 4.31 Å². The summed E-state index contributed by atoms with van der Waals surface area (Å²) in [5.74, 6) is 0.104. The molecule has 0 radical (unpaired) electrons. The largest absolute Gasteiger partial charge is 0.504 e. The molecule has 0 aliphatic carbocycles. The molecule has 148 valence electrons. The molecule has 1 saturated heterocycles. The molecule has 28 heavy (non-hydrogen) atoms. The summed E-state index contributed by atoms with van der Waals surface area (Å²) < 4.78 is 31.9. The van der Waals surface area contributed by atoms with E-state index in [0.29, 0.717) is 30.0 Å². The first kappa shape index (κ1) is 20.1. The number of nitrogens with zero attached hydrogens (tertiary/aromatic N) is 1. The smallest absolute Gasteiger partial charge is 0.243 e. The number of ketones is 1. The fourth-order valence-electron chi connectivity index (χ4n) is 3.11. The predicted molar refractivity (Wildman–Crippen MR) is 107 cm³/mol. The van der Waals surface area contributed by atoms with Crippen LogP contribution >= 0.6 is 0 Å². The lowest BCUT2D eigenvalue weighted by Crippen LogP contribution is -2.35. The van der Waals surface area contributed by atoms with Crippen LogP contribution in [0.3, 0.4) is 0 Å². The van der Waals surface area contributed by atoms with Gasteiger partial charge in [-0.1, -0.05) is 18.6 Å². The van der Waals surface area contributed by atoms with Gasteiger partial charge in [0.2, 0.25) is 10.0 Å². The van der Waals surface area contributed by atoms with E-state index < -0.39 is 10.0 Å². The summed E-state index contributed by atoms with van der Waals surface area (Å²) in [6, 6.07) is 10.8. The Kier molecular flexibility index (Phi) is 6.16. The Hall–Kier alpha value is -2.64. The molecular weight excluding hydrogens is 378 g/mol. The molecule has 1 heterocycles. The SMILES string of the molecule is COc1cc(/C=C/C(=O)c2ccc(S(=O)(=O)N3CCCCC3)cc2)ccc1O. The van der Waals surface area contributed by atoms with Crippen LogP contribution in [0.5, 0.6) is 11.5 Å². The van der Waals surface area contributed by atoms with Gasteiger partial charge in [0.1, 0.15) is 0 Å². The molecule has 0 saturated carbocycles. The molecule has 0 unspecified atom stereocenters. The monoisotopic (exact) mass is 401 g/mol. The highest BCUT2D eigenvalue weighted by molar-refractivity contribution is 7.89. The van der Waals surface area contributed by atoms with Gasteiger partial charge in [0.05, 0.1) is 12.0 Å². The number of ether oxygens (including phenoxy) is 1. The second-order valence-electron chi connectivity index (χ2n) is 6.62. The number of methoxy groups -OCH3 is 1. The fraction of sp³-hybridized carbons (Fsp3) is 0.286. The Balaban J connectivity index is 1.73. The normalized spacial score (nSPS) is 15.6. The lowest BCUT2D eigenvalue weighted by Gasteiger charge is -2.25. The van der Waals surface area contributed by atoms with E-state index in [9.17, 15) is 18.3 Å². The lowest BCUT2D eigenvalue weighted by molar-refractivity contribution is 0.104. The molecule has 1 aliphatic heterocycles. The molecule has 7 heteroatoms. The molecule has 0 spiro atoms. The topological polar surface area (TPSA) is 83.9 Å². The average Bonchev–Trinajstić information content (AvgIpc) is 2.73. The maximum Gasteiger partial charge on any atom is 0.243 e. The van der Waals surface area contributed by atoms with Crippen molar-refractivity contribution in [1.29, 1.82) is 0 Å². The van der Waals surface area contributed by atoms with Crippen molar-refractivity contribution in [3.05, 3.63) is 59.7 Å². The summed E-state index contributed by atoms with van der Waals surface area (Å²) in [5.41, 5.74) is 1.10. The van der Waals surface area contributed by atoms with Crippen LogP contribution in [0.25, 0.3) is 6.08 Å². The summed E-state index contributed by atoms with van der Waals surface area (Å²) in [5, 5.41) is 9.61. The molecular formula is C21H23NO5S. The number of rotatable bonds is 6. The first-order valence-corrected chi connectivity index (χ1v) is 10.6. The average molecular weight is 401 g/mol. The molecule has 3 rings (SSSR count). The van der Waals surface area contributed by atoms with E-state index in [0.717, 1.165) is 19.3 Å². The van der Waals surface area contributed by atoms with E-state index in [1.807, 2.05) is 0 Å². The van der Waals surface area contributed by atoms with E-state index in [1.54, 1.807) is 18.2 Å². The number of benzene rings is 2. The quantitative estimate of drug-likeness (QED) is 0.592. The van der Waals surface area contributed by atoms with Crippen molar-refractivity contribution in [3.8, 4) is 11.5 Å². The number of allylic oxidation sites excluding steroid dienone is 1. The van der Waals surface area contributed by atoms with Crippen LogP contribution < -0.4 is 4.74 Å². The Morgan fingerprint density at radius 3 is 2.39 bits per heavy atom. The first-order valence-electron chi connectivity index (χ1n) is 9.11. The van der Waals surface area contributed by atoms with E-state index in [-0.39, 0.29) is 16.4 Å². The second-order valence-corrected chi connectivity index (χ2v) is 8.56. The van der Waals surface area contributed by atoms with Crippen LogP contribution in [-0.4, -0.2) is 43.8 Å². The number of hydrogen-bond acceptors (Lipinski definition) is 5. The minimum absolute atomic E-state index is 0.0245. The Morgan fingerprint density at radius 1 is 1.07 bits per heavy atom. The molecule has 1 aliphatic rings. The van der Waals surface area contributed by atoms with Gasteiger partial charge in [0.15, 0.2) is 17.3 Å². The fourth-order valence-corrected chi connectivity index (χ4v) is 4.63. The molecule has 1 N–H and O–H groups in total. The molecule has 1 fully saturated rings. The summed E-state index contributed by atoms with van der Waals surface area (Å²) in [4.78, 5) is 12.6. The number of phenolic OH excluding ortho intramolecular Hbond substituents is 1. The zero-order chi connectivity index (χ0) is 20.1. The van der Waals surface area contributed by atoms with Crippen LogP contribution in [0.2, 0.25) is 0 Å². The number of carbonyl (C=O) groups excluding carboxylic acids is 1. The van der Waals surface area contributed by atoms with E-state index in [4.69, 9.17) is 4.74 Å². The van der Waals surface area contributed by atoms with Crippen LogP contribution in [0.15, 0.2) is 53.4 Å². The number of phenols is 1. The standard InChI is InChI=1S/C21H23NO5S/c1-27-21-15-16(6-12-20(21)24)5-11-19(23)17-7-9-18(10-8-17)28(25,26)22-13-3-2-4-14-22/h5-12,15,24H,2-4,13-14H2,1H3/b11-5+. The summed E-state index contributed by atoms with van der Waals surface area (Å²) in [7, 11) is -2.05. The van der Waals surface area contributed by atoms with Gasteiger partial charge in [0, 0.05) is 18.7 Å². The minimum atomic E-state index is -3.51. The molecule has 0 atom stereocenters. The van der Waals surface area contributed by atoms with Crippen molar-refractivity contribution in [3.63, 3.8) is 0 Å². The molecule has 0 bridgehead atoms. The highest BCUT2D eigenvalue weighted by Gasteiger charge is 2.25. The van der Waals surface area contributed by atoms with Crippen molar-refractivity contribution in [2.24, 2.45) is 0 Å². The van der Waals surface area contributed by atoms with E-state index in [2.05, 4.69) is 0 Å². The van der Waals surface area contributed by atoms with Gasteiger partial charge in [-0.05, 0) is 60.9 Å². The summed E-state index contributed by atoms with van der Waals surface area (Å²) in [6.45, 7) is 1.09. The van der Waals surface area contributed by atoms with Crippen LogP contribution in [-0.2, 0) is 10.0 Å². The highest BCUT2D eigenvalue weighted by atomic mass is 32.2. The maximum absolute atomic E-state index is 12.7. The molecule has 0 amide bonds. The Bertz CT molecular complexity index is 974. The van der Waals surface area contributed by atoms with E-state index in [1.165, 1.54) is 47.8 Å².